The second-order valence-corrected chi connectivity index (χ2v) is 5.48. The van der Waals surface area contributed by atoms with E-state index in [4.69, 9.17) is 0 Å². The molecule has 1 aliphatic rings. The number of nitrogens with one attached hydrogen (secondary N) is 1. The second kappa shape index (κ2) is 4.24. The summed E-state index contributed by atoms with van der Waals surface area (Å²) < 4.78 is 13.3. The molecule has 0 amide bonds. The molecule has 0 unspecified atom stereocenters. The lowest BCUT2D eigenvalue weighted by molar-refractivity contribution is 0.274. The Bertz CT molecular complexity index is 503. The van der Waals surface area contributed by atoms with E-state index in [0.29, 0.717) is 0 Å². The minimum Gasteiger partial charge on any atom is -0.315 e. The van der Waals surface area contributed by atoms with Crippen molar-refractivity contribution in [1.29, 1.82) is 0 Å². The van der Waals surface area contributed by atoms with Crippen LogP contribution in [-0.2, 0) is 11.8 Å². The summed E-state index contributed by atoms with van der Waals surface area (Å²) in [4.78, 5) is 0. The summed E-state index contributed by atoms with van der Waals surface area (Å²) in [6, 6.07) is 9.18. The Labute approximate surface area is 104 Å². The molecule has 1 fully saturated rings. The fourth-order valence-electron chi connectivity index (χ4n) is 2.46. The van der Waals surface area contributed by atoms with Gasteiger partial charge in [0.05, 0.1) is 0 Å². The highest BCUT2D eigenvalue weighted by atomic mass is 32.1. The lowest BCUT2D eigenvalue weighted by atomic mass is 9.71. The SMILES string of the molecule is Fc1cccc(C2(Cc3ccsc3)CNC2)c1. The monoisotopic (exact) mass is 247 g/mol. The van der Waals surface area contributed by atoms with Gasteiger partial charge in [-0.05, 0) is 46.5 Å². The topological polar surface area (TPSA) is 12.0 Å². The van der Waals surface area contributed by atoms with Gasteiger partial charge in [-0.1, -0.05) is 12.1 Å². The largest absolute Gasteiger partial charge is 0.315 e. The van der Waals surface area contributed by atoms with Gasteiger partial charge in [-0.2, -0.15) is 11.3 Å². The summed E-state index contributed by atoms with van der Waals surface area (Å²) >= 11 is 1.72. The van der Waals surface area contributed by atoms with E-state index in [1.54, 1.807) is 23.5 Å². The molecule has 88 valence electrons. The van der Waals surface area contributed by atoms with Crippen molar-refractivity contribution in [2.24, 2.45) is 0 Å². The molecule has 3 rings (SSSR count). The molecule has 0 spiro atoms. The quantitative estimate of drug-likeness (QED) is 0.879. The van der Waals surface area contributed by atoms with Crippen LogP contribution in [0, 0.1) is 5.82 Å². The van der Waals surface area contributed by atoms with Crippen LogP contribution < -0.4 is 5.32 Å². The predicted octanol–water partition coefficient (Wildman–Crippen LogP) is 2.97. The van der Waals surface area contributed by atoms with Crippen LogP contribution in [-0.4, -0.2) is 13.1 Å². The Hall–Kier alpha value is -1.19. The van der Waals surface area contributed by atoms with Crippen molar-refractivity contribution in [3.8, 4) is 0 Å². The van der Waals surface area contributed by atoms with E-state index >= 15 is 0 Å². The number of hydrogen-bond donors (Lipinski definition) is 1. The third-order valence-electron chi connectivity index (χ3n) is 3.49. The van der Waals surface area contributed by atoms with Crippen molar-refractivity contribution in [3.05, 3.63) is 58.0 Å². The molecule has 0 bridgehead atoms. The summed E-state index contributed by atoms with van der Waals surface area (Å²) in [6.45, 7) is 1.87. The summed E-state index contributed by atoms with van der Waals surface area (Å²) in [5, 5.41) is 7.59. The maximum absolute atomic E-state index is 13.3. The highest BCUT2D eigenvalue weighted by Crippen LogP contribution is 2.33. The number of benzene rings is 1. The molecule has 1 aromatic carbocycles. The van der Waals surface area contributed by atoms with Crippen molar-refractivity contribution in [3.63, 3.8) is 0 Å². The zero-order valence-electron chi connectivity index (χ0n) is 9.45. The number of hydrogen-bond acceptors (Lipinski definition) is 2. The van der Waals surface area contributed by atoms with Gasteiger partial charge in [-0.15, -0.1) is 0 Å². The van der Waals surface area contributed by atoms with Crippen LogP contribution in [0.5, 0.6) is 0 Å². The van der Waals surface area contributed by atoms with Gasteiger partial charge in [-0.3, -0.25) is 0 Å². The summed E-state index contributed by atoms with van der Waals surface area (Å²) in [5.74, 6) is -0.140. The molecule has 0 radical (unpaired) electrons. The van der Waals surface area contributed by atoms with Gasteiger partial charge in [0.2, 0.25) is 0 Å². The summed E-state index contributed by atoms with van der Waals surface area (Å²) in [7, 11) is 0. The Kier molecular flexibility index (Phi) is 2.73. The van der Waals surface area contributed by atoms with Gasteiger partial charge in [0.15, 0.2) is 0 Å². The Balaban J connectivity index is 1.92. The highest BCUT2D eigenvalue weighted by molar-refractivity contribution is 7.07. The van der Waals surface area contributed by atoms with Crippen molar-refractivity contribution in [2.75, 3.05) is 13.1 Å². The lowest BCUT2D eigenvalue weighted by Crippen LogP contribution is -2.58. The van der Waals surface area contributed by atoms with Crippen LogP contribution in [0.1, 0.15) is 11.1 Å². The molecule has 0 atom stereocenters. The maximum atomic E-state index is 13.3. The van der Waals surface area contributed by atoms with Crippen LogP contribution in [0.25, 0.3) is 0 Å². The van der Waals surface area contributed by atoms with Crippen LogP contribution >= 0.6 is 11.3 Å². The standard InChI is InChI=1S/C14H14FNS/c15-13-3-1-2-12(6-13)14(9-16-10-14)7-11-4-5-17-8-11/h1-6,8,16H,7,9-10H2. The third kappa shape index (κ3) is 2.01. The van der Waals surface area contributed by atoms with E-state index in [-0.39, 0.29) is 11.2 Å². The minimum absolute atomic E-state index is 0.0865. The summed E-state index contributed by atoms with van der Waals surface area (Å²) in [5.41, 5.74) is 2.55. The average Bonchev–Trinajstić information content (AvgIpc) is 2.76. The molecule has 17 heavy (non-hydrogen) atoms. The van der Waals surface area contributed by atoms with Gasteiger partial charge < -0.3 is 5.32 Å². The van der Waals surface area contributed by atoms with Gasteiger partial charge in [0.1, 0.15) is 5.82 Å². The van der Waals surface area contributed by atoms with Crippen LogP contribution in [0.2, 0.25) is 0 Å². The van der Waals surface area contributed by atoms with E-state index in [9.17, 15) is 4.39 Å². The third-order valence-corrected chi connectivity index (χ3v) is 4.22. The molecule has 1 aliphatic heterocycles. The molecule has 1 nitrogen and oxygen atoms in total. The normalized spacial score (nSPS) is 17.7. The van der Waals surface area contributed by atoms with Crippen molar-refractivity contribution >= 4 is 11.3 Å². The Morgan fingerprint density at radius 2 is 2.18 bits per heavy atom. The lowest BCUT2D eigenvalue weighted by Gasteiger charge is -2.43. The van der Waals surface area contributed by atoms with Crippen LogP contribution in [0.15, 0.2) is 41.1 Å². The Morgan fingerprint density at radius 3 is 2.76 bits per heavy atom. The molecule has 1 saturated heterocycles. The Morgan fingerprint density at radius 1 is 1.29 bits per heavy atom. The molecule has 2 aromatic rings. The van der Waals surface area contributed by atoms with Crippen LogP contribution in [0.4, 0.5) is 4.39 Å². The fourth-order valence-corrected chi connectivity index (χ4v) is 3.13. The first kappa shape index (κ1) is 10.9. The molecule has 0 aliphatic carbocycles. The first-order chi connectivity index (χ1) is 8.28. The molecule has 1 N–H and O–H groups in total. The van der Waals surface area contributed by atoms with E-state index < -0.39 is 0 Å². The molecule has 3 heteroatoms. The van der Waals surface area contributed by atoms with Gasteiger partial charge in [0.25, 0.3) is 0 Å². The van der Waals surface area contributed by atoms with Crippen molar-refractivity contribution in [2.45, 2.75) is 11.8 Å². The predicted molar refractivity (Wildman–Crippen MR) is 69.0 cm³/mol. The zero-order valence-corrected chi connectivity index (χ0v) is 10.3. The second-order valence-electron chi connectivity index (χ2n) is 4.70. The summed E-state index contributed by atoms with van der Waals surface area (Å²) in [6.07, 6.45) is 0.993. The minimum atomic E-state index is -0.140. The number of rotatable bonds is 3. The molecular weight excluding hydrogens is 233 g/mol. The smallest absolute Gasteiger partial charge is 0.123 e. The van der Waals surface area contributed by atoms with E-state index in [1.807, 2.05) is 6.07 Å². The van der Waals surface area contributed by atoms with Crippen molar-refractivity contribution in [1.82, 2.24) is 5.32 Å². The van der Waals surface area contributed by atoms with E-state index in [2.05, 4.69) is 22.1 Å². The van der Waals surface area contributed by atoms with Crippen molar-refractivity contribution < 1.29 is 4.39 Å². The molecule has 1 aromatic heterocycles. The van der Waals surface area contributed by atoms with Gasteiger partial charge in [0, 0.05) is 18.5 Å². The fraction of sp³-hybridized carbons (Fsp3) is 0.286. The number of thiophene rings is 1. The van der Waals surface area contributed by atoms with E-state index in [0.717, 1.165) is 25.1 Å². The molecule has 2 heterocycles. The van der Waals surface area contributed by atoms with E-state index in [1.165, 1.54) is 11.6 Å². The zero-order chi connectivity index (χ0) is 11.7. The molecule has 0 saturated carbocycles. The maximum Gasteiger partial charge on any atom is 0.123 e. The average molecular weight is 247 g/mol. The van der Waals surface area contributed by atoms with Gasteiger partial charge in [-0.25, -0.2) is 4.39 Å². The molecular formula is C14H14FNS. The first-order valence-corrected chi connectivity index (χ1v) is 6.71. The number of halogens is 1. The first-order valence-electron chi connectivity index (χ1n) is 5.76. The van der Waals surface area contributed by atoms with Gasteiger partial charge >= 0.3 is 0 Å². The highest BCUT2D eigenvalue weighted by Gasteiger charge is 2.38. The van der Waals surface area contributed by atoms with Crippen LogP contribution in [0.3, 0.4) is 0 Å².